The molecule has 6 heteroatoms. The van der Waals surface area contributed by atoms with Crippen LogP contribution in [-0.4, -0.2) is 11.5 Å². The van der Waals surface area contributed by atoms with Crippen LogP contribution in [0, 0.1) is 6.92 Å². The Kier molecular flexibility index (Phi) is 12.1. The zero-order valence-electron chi connectivity index (χ0n) is 29.5. The van der Waals surface area contributed by atoms with Gasteiger partial charge in [-0.1, -0.05) is 127 Å². The van der Waals surface area contributed by atoms with Gasteiger partial charge in [-0.15, -0.1) is 23.5 Å². The largest absolute Gasteiger partial charge is 0.488 e. The molecule has 0 unspecified atom stereocenters. The first-order valence-corrected chi connectivity index (χ1v) is 19.8. The third kappa shape index (κ3) is 9.36. The first-order valence-electron chi connectivity index (χ1n) is 17.9. The fraction of sp³-hybridized carbons (Fsp3) is 0.217. The van der Waals surface area contributed by atoms with E-state index in [0.717, 1.165) is 80.7 Å². The molecule has 1 aliphatic heterocycles. The molecule has 0 saturated carbocycles. The quantitative estimate of drug-likeness (QED) is 0.0989. The predicted molar refractivity (Wildman–Crippen MR) is 216 cm³/mol. The zero-order chi connectivity index (χ0) is 35.4. The van der Waals surface area contributed by atoms with Gasteiger partial charge in [0.25, 0.3) is 0 Å². The lowest BCUT2D eigenvalue weighted by molar-refractivity contribution is 0.255. The van der Waals surface area contributed by atoms with Crippen LogP contribution in [0.3, 0.4) is 0 Å². The van der Waals surface area contributed by atoms with Crippen LogP contribution in [0.4, 0.5) is 0 Å². The second-order valence-corrected chi connectivity index (χ2v) is 16.0. The molecular formula is C46H44O4S2. The maximum absolute atomic E-state index is 6.72. The van der Waals surface area contributed by atoms with Crippen LogP contribution in [0.2, 0.25) is 0 Å². The second kappa shape index (κ2) is 17.6. The summed E-state index contributed by atoms with van der Waals surface area (Å²) in [6, 6.07) is 52.1. The van der Waals surface area contributed by atoms with Gasteiger partial charge in [-0.2, -0.15) is 0 Å². The van der Waals surface area contributed by atoms with Gasteiger partial charge in [0.2, 0.25) is 0 Å². The average Bonchev–Trinajstić information content (AvgIpc) is 3.68. The fourth-order valence-electron chi connectivity index (χ4n) is 6.38. The molecule has 0 aromatic heterocycles. The van der Waals surface area contributed by atoms with E-state index in [2.05, 4.69) is 110 Å². The van der Waals surface area contributed by atoms with Gasteiger partial charge >= 0.3 is 0 Å². The molecule has 7 rings (SSSR count). The van der Waals surface area contributed by atoms with Crippen LogP contribution in [0.5, 0.6) is 23.0 Å². The van der Waals surface area contributed by atoms with E-state index in [1.165, 1.54) is 5.56 Å². The maximum Gasteiger partial charge on any atom is 0.161 e. The number of aryl methyl sites for hydroxylation is 2. The Morgan fingerprint density at radius 1 is 0.442 bits per heavy atom. The van der Waals surface area contributed by atoms with Gasteiger partial charge in [-0.05, 0) is 77.4 Å². The summed E-state index contributed by atoms with van der Waals surface area (Å²) in [6.45, 7) is 4.05. The molecule has 0 spiro atoms. The average molecular weight is 725 g/mol. The summed E-state index contributed by atoms with van der Waals surface area (Å²) in [5.74, 6) is 5.41. The lowest BCUT2D eigenvalue weighted by Crippen LogP contribution is -2.19. The molecule has 52 heavy (non-hydrogen) atoms. The van der Waals surface area contributed by atoms with Gasteiger partial charge in [0, 0.05) is 11.5 Å². The molecule has 0 bridgehead atoms. The molecule has 0 radical (unpaired) electrons. The monoisotopic (exact) mass is 724 g/mol. The minimum Gasteiger partial charge on any atom is -0.488 e. The first-order chi connectivity index (χ1) is 25.6. The Morgan fingerprint density at radius 3 is 1.29 bits per heavy atom. The Morgan fingerprint density at radius 2 is 0.846 bits per heavy atom. The molecule has 6 aromatic carbocycles. The van der Waals surface area contributed by atoms with E-state index in [0.29, 0.717) is 26.4 Å². The molecule has 6 aromatic rings. The van der Waals surface area contributed by atoms with Gasteiger partial charge in [0.05, 0.1) is 9.64 Å². The summed E-state index contributed by atoms with van der Waals surface area (Å²) in [7, 11) is 0. The van der Waals surface area contributed by atoms with Gasteiger partial charge in [-0.3, -0.25) is 0 Å². The van der Waals surface area contributed by atoms with E-state index < -0.39 is 0 Å². The number of hydrogen-bond donors (Lipinski definition) is 0. The highest BCUT2D eigenvalue weighted by molar-refractivity contribution is 8.20. The van der Waals surface area contributed by atoms with Crippen LogP contribution in [-0.2, 0) is 36.9 Å². The summed E-state index contributed by atoms with van der Waals surface area (Å²) >= 11 is 4.01. The van der Waals surface area contributed by atoms with Gasteiger partial charge < -0.3 is 18.9 Å². The van der Waals surface area contributed by atoms with E-state index in [9.17, 15) is 0 Å². The molecule has 0 atom stereocenters. The molecule has 0 aliphatic carbocycles. The number of benzene rings is 6. The lowest BCUT2D eigenvalue weighted by atomic mass is 9.99. The van der Waals surface area contributed by atoms with Gasteiger partial charge in [0.15, 0.2) is 11.5 Å². The van der Waals surface area contributed by atoms with E-state index in [1.54, 1.807) is 0 Å². The van der Waals surface area contributed by atoms with E-state index >= 15 is 0 Å². The van der Waals surface area contributed by atoms with Gasteiger partial charge in [0.1, 0.15) is 37.9 Å². The number of ether oxygens (including phenoxy) is 4. The Bertz CT molecular complexity index is 1930. The second-order valence-electron chi connectivity index (χ2n) is 13.0. The molecule has 264 valence electrons. The number of rotatable bonds is 16. The lowest BCUT2D eigenvalue weighted by Gasteiger charge is -2.32. The number of hydrogen-bond acceptors (Lipinski definition) is 6. The Balaban J connectivity index is 1.18. The van der Waals surface area contributed by atoms with Crippen molar-refractivity contribution in [2.75, 3.05) is 11.5 Å². The van der Waals surface area contributed by atoms with Crippen LogP contribution in [0.25, 0.3) is 0 Å². The summed E-state index contributed by atoms with van der Waals surface area (Å²) in [6.07, 6.45) is 1.75. The highest BCUT2D eigenvalue weighted by Gasteiger charge is 2.42. The molecule has 1 saturated heterocycles. The van der Waals surface area contributed by atoms with Crippen molar-refractivity contribution in [3.05, 3.63) is 191 Å². The zero-order valence-corrected chi connectivity index (χ0v) is 31.2. The predicted octanol–water partition coefficient (Wildman–Crippen LogP) is 11.6. The smallest absolute Gasteiger partial charge is 0.161 e. The SMILES string of the molecule is Cc1cc(OCc2ccccc2)c(C2(CCc3ccc(OCc4ccccc4)c(OCc4ccccc4)c3)SCCS2)c(OCc2ccccc2)c1. The number of thioether (sulfide) groups is 2. The molecule has 4 nitrogen and oxygen atoms in total. The Hall–Kier alpha value is -4.78. The van der Waals surface area contributed by atoms with Crippen LogP contribution in [0.1, 0.15) is 45.4 Å². The summed E-state index contributed by atoms with van der Waals surface area (Å²) < 4.78 is 26.0. The van der Waals surface area contributed by atoms with Crippen LogP contribution in [0.15, 0.2) is 152 Å². The summed E-state index contributed by atoms with van der Waals surface area (Å²) in [4.78, 5) is 0. The van der Waals surface area contributed by atoms with Crippen molar-refractivity contribution in [3.63, 3.8) is 0 Å². The first kappa shape index (κ1) is 35.6. The summed E-state index contributed by atoms with van der Waals surface area (Å²) in [5.41, 5.74) is 7.97. The third-order valence-corrected chi connectivity index (χ3v) is 12.6. The minimum atomic E-state index is -0.251. The van der Waals surface area contributed by atoms with E-state index in [1.807, 2.05) is 72.1 Å². The normalized spacial score (nSPS) is 13.4. The van der Waals surface area contributed by atoms with Crippen molar-refractivity contribution in [1.29, 1.82) is 0 Å². The molecule has 0 N–H and O–H groups in total. The third-order valence-electron chi connectivity index (χ3n) is 9.04. The van der Waals surface area contributed by atoms with Crippen molar-refractivity contribution in [3.8, 4) is 23.0 Å². The minimum absolute atomic E-state index is 0.251. The van der Waals surface area contributed by atoms with Gasteiger partial charge in [-0.25, -0.2) is 0 Å². The topological polar surface area (TPSA) is 36.9 Å². The Labute approximate surface area is 316 Å². The van der Waals surface area contributed by atoms with E-state index in [4.69, 9.17) is 18.9 Å². The van der Waals surface area contributed by atoms with Crippen molar-refractivity contribution in [2.45, 2.75) is 50.3 Å². The van der Waals surface area contributed by atoms with Crippen LogP contribution >= 0.6 is 23.5 Å². The molecule has 0 amide bonds. The van der Waals surface area contributed by atoms with Crippen molar-refractivity contribution < 1.29 is 18.9 Å². The summed E-state index contributed by atoms with van der Waals surface area (Å²) in [5, 5.41) is 0. The molecule has 1 heterocycles. The highest BCUT2D eigenvalue weighted by atomic mass is 32.2. The van der Waals surface area contributed by atoms with Crippen molar-refractivity contribution >= 4 is 23.5 Å². The molecule has 1 aliphatic rings. The fourth-order valence-corrected chi connectivity index (χ4v) is 9.73. The van der Waals surface area contributed by atoms with Crippen molar-refractivity contribution in [2.24, 2.45) is 0 Å². The molecule has 1 fully saturated rings. The van der Waals surface area contributed by atoms with E-state index in [-0.39, 0.29) is 4.08 Å². The standard InChI is InChI=1S/C46H44O4S2/c1-35-28-43(49-33-39-18-10-4-11-19-39)45(44(29-35)50-34-40-20-12-5-13-21-40)46(51-26-27-52-46)25-24-36-22-23-41(47-31-37-14-6-2-7-15-37)42(30-36)48-32-38-16-8-3-9-17-38/h2-23,28-30H,24-27,31-34H2,1H3. The maximum atomic E-state index is 6.72. The van der Waals surface area contributed by atoms with Crippen molar-refractivity contribution in [1.82, 2.24) is 0 Å². The highest BCUT2D eigenvalue weighted by Crippen LogP contribution is 2.60. The van der Waals surface area contributed by atoms with Crippen LogP contribution < -0.4 is 18.9 Å². The molecular weight excluding hydrogens is 681 g/mol.